The number of imidazole rings is 1. The molecule has 0 saturated carbocycles. The van der Waals surface area contributed by atoms with E-state index in [1.165, 1.54) is 29.6 Å². The van der Waals surface area contributed by atoms with Crippen molar-refractivity contribution in [1.29, 1.82) is 0 Å². The molecule has 0 fully saturated rings. The number of hydrogen-bond donors (Lipinski definition) is 1. The van der Waals surface area contributed by atoms with Crippen molar-refractivity contribution in [2.24, 2.45) is 14.1 Å². The number of ether oxygens (including phenoxy) is 1. The molecule has 1 amide bonds. The molecule has 120 valence electrons. The molecule has 0 radical (unpaired) electrons. The third-order valence-electron chi connectivity index (χ3n) is 3.36. The van der Waals surface area contributed by atoms with Crippen LogP contribution in [0.1, 0.15) is 6.92 Å². The lowest BCUT2D eigenvalue weighted by atomic mass is 10.3. The van der Waals surface area contributed by atoms with Gasteiger partial charge in [0.2, 0.25) is 5.91 Å². The van der Waals surface area contributed by atoms with Crippen LogP contribution in [-0.4, -0.2) is 44.4 Å². The molecule has 0 saturated heterocycles. The van der Waals surface area contributed by atoms with Gasteiger partial charge in [-0.15, -0.1) is 0 Å². The average Bonchev–Trinajstić information content (AvgIpc) is 2.86. The molecule has 0 aromatic carbocycles. The Kier molecular flexibility index (Phi) is 4.45. The van der Waals surface area contributed by atoms with Gasteiger partial charge in [-0.3, -0.25) is 18.7 Å². The van der Waals surface area contributed by atoms with Gasteiger partial charge in [-0.25, -0.2) is 9.78 Å². The number of aromatic nitrogens is 4. The third-order valence-corrected chi connectivity index (χ3v) is 3.36. The Labute approximate surface area is 126 Å². The van der Waals surface area contributed by atoms with E-state index in [0.717, 1.165) is 4.57 Å². The Hall–Kier alpha value is -2.42. The van der Waals surface area contributed by atoms with Gasteiger partial charge in [0, 0.05) is 27.2 Å². The third kappa shape index (κ3) is 2.80. The van der Waals surface area contributed by atoms with E-state index in [0.29, 0.717) is 6.61 Å². The molecule has 9 heteroatoms. The fraction of sp³-hybridized carbons (Fsp3) is 0.538. The molecule has 2 rings (SSSR count). The predicted molar refractivity (Wildman–Crippen MR) is 79.7 cm³/mol. The molecule has 22 heavy (non-hydrogen) atoms. The highest BCUT2D eigenvalue weighted by Crippen LogP contribution is 2.05. The largest absolute Gasteiger partial charge is 0.383 e. The molecule has 0 aliphatic heterocycles. The zero-order valence-electron chi connectivity index (χ0n) is 13.0. The van der Waals surface area contributed by atoms with E-state index in [1.54, 1.807) is 7.11 Å². The van der Waals surface area contributed by atoms with Crippen molar-refractivity contribution in [3.8, 4) is 0 Å². The summed E-state index contributed by atoms with van der Waals surface area (Å²) in [5.41, 5.74) is -0.459. The van der Waals surface area contributed by atoms with E-state index in [-0.39, 0.29) is 29.7 Å². The number of nitrogens with one attached hydrogen (secondary N) is 1. The second-order valence-corrected chi connectivity index (χ2v) is 5.17. The molecule has 0 aliphatic carbocycles. The fourth-order valence-electron chi connectivity index (χ4n) is 2.28. The minimum atomic E-state index is -0.478. The first-order chi connectivity index (χ1) is 10.4. The minimum Gasteiger partial charge on any atom is -0.383 e. The maximum absolute atomic E-state index is 12.2. The SMILES string of the molecule is COC[C@@H](C)NC(=O)Cn1cnc2c1c(=O)n(C)c(=O)n2C. The van der Waals surface area contributed by atoms with E-state index >= 15 is 0 Å². The summed E-state index contributed by atoms with van der Waals surface area (Å²) in [6.07, 6.45) is 1.38. The van der Waals surface area contributed by atoms with Crippen molar-refractivity contribution in [2.75, 3.05) is 13.7 Å². The lowest BCUT2D eigenvalue weighted by molar-refractivity contribution is -0.122. The molecule has 2 heterocycles. The maximum Gasteiger partial charge on any atom is 0.332 e. The van der Waals surface area contributed by atoms with E-state index in [2.05, 4.69) is 10.3 Å². The van der Waals surface area contributed by atoms with Crippen LogP contribution in [0.3, 0.4) is 0 Å². The van der Waals surface area contributed by atoms with Crippen LogP contribution < -0.4 is 16.6 Å². The van der Waals surface area contributed by atoms with Crippen LogP contribution in [0, 0.1) is 0 Å². The van der Waals surface area contributed by atoms with Crippen LogP contribution in [0.4, 0.5) is 0 Å². The monoisotopic (exact) mass is 309 g/mol. The van der Waals surface area contributed by atoms with Crippen molar-refractivity contribution in [3.05, 3.63) is 27.2 Å². The first-order valence-electron chi connectivity index (χ1n) is 6.76. The van der Waals surface area contributed by atoms with Gasteiger partial charge < -0.3 is 14.6 Å². The van der Waals surface area contributed by atoms with Gasteiger partial charge in [-0.2, -0.15) is 0 Å². The van der Waals surface area contributed by atoms with Crippen molar-refractivity contribution < 1.29 is 9.53 Å². The van der Waals surface area contributed by atoms with Crippen molar-refractivity contribution in [3.63, 3.8) is 0 Å². The molecule has 0 aliphatic rings. The second kappa shape index (κ2) is 6.14. The molecule has 0 unspecified atom stereocenters. The standard InChI is InChI=1S/C13H19N5O4/c1-8(6-22-4)15-9(19)5-18-7-14-11-10(18)12(20)17(3)13(21)16(11)2/h7-8H,5-6H2,1-4H3,(H,15,19)/t8-/m1/s1. The van der Waals surface area contributed by atoms with Crippen LogP contribution in [0.5, 0.6) is 0 Å². The first-order valence-corrected chi connectivity index (χ1v) is 6.76. The van der Waals surface area contributed by atoms with Gasteiger partial charge in [0.1, 0.15) is 6.54 Å². The molecule has 9 nitrogen and oxygen atoms in total. The zero-order chi connectivity index (χ0) is 16.4. The zero-order valence-corrected chi connectivity index (χ0v) is 13.0. The van der Waals surface area contributed by atoms with Crippen molar-refractivity contribution >= 4 is 17.1 Å². The molecule has 2 aromatic rings. The number of nitrogens with zero attached hydrogens (tertiary/aromatic N) is 4. The molecule has 0 bridgehead atoms. The van der Waals surface area contributed by atoms with Gasteiger partial charge in [0.15, 0.2) is 11.2 Å². The number of hydrogen-bond acceptors (Lipinski definition) is 5. The Morgan fingerprint density at radius 2 is 2.05 bits per heavy atom. The summed E-state index contributed by atoms with van der Waals surface area (Å²) in [5, 5.41) is 2.75. The van der Waals surface area contributed by atoms with Crippen LogP contribution in [0.25, 0.3) is 11.2 Å². The van der Waals surface area contributed by atoms with E-state index in [9.17, 15) is 14.4 Å². The Morgan fingerprint density at radius 3 is 2.68 bits per heavy atom. The summed E-state index contributed by atoms with van der Waals surface area (Å²) in [6.45, 7) is 2.15. The summed E-state index contributed by atoms with van der Waals surface area (Å²) >= 11 is 0. The molecule has 1 atom stereocenters. The molecular formula is C13H19N5O4. The number of amides is 1. The van der Waals surface area contributed by atoms with Crippen molar-refractivity contribution in [2.45, 2.75) is 19.5 Å². The highest BCUT2D eigenvalue weighted by atomic mass is 16.5. The number of rotatable bonds is 5. The average molecular weight is 309 g/mol. The van der Waals surface area contributed by atoms with E-state index in [4.69, 9.17) is 4.74 Å². The summed E-state index contributed by atoms with van der Waals surface area (Å²) in [6, 6.07) is -0.139. The van der Waals surface area contributed by atoms with E-state index < -0.39 is 11.2 Å². The number of aryl methyl sites for hydroxylation is 1. The molecule has 2 aromatic heterocycles. The summed E-state index contributed by atoms with van der Waals surface area (Å²) in [7, 11) is 4.47. The number of fused-ring (bicyclic) bond motifs is 1. The molecular weight excluding hydrogens is 290 g/mol. The van der Waals surface area contributed by atoms with Crippen molar-refractivity contribution in [1.82, 2.24) is 24.0 Å². The summed E-state index contributed by atoms with van der Waals surface area (Å²) in [4.78, 5) is 40.1. The number of methoxy groups -OCH3 is 1. The van der Waals surface area contributed by atoms with Crippen LogP contribution in [0.15, 0.2) is 15.9 Å². The summed E-state index contributed by atoms with van der Waals surface area (Å²) in [5.74, 6) is -0.264. The van der Waals surface area contributed by atoms with Gasteiger partial charge in [0.25, 0.3) is 5.56 Å². The lowest BCUT2D eigenvalue weighted by Crippen LogP contribution is -2.39. The first kappa shape index (κ1) is 16.0. The lowest BCUT2D eigenvalue weighted by Gasteiger charge is -2.13. The smallest absolute Gasteiger partial charge is 0.332 e. The highest BCUT2D eigenvalue weighted by Gasteiger charge is 2.16. The maximum atomic E-state index is 12.2. The Morgan fingerprint density at radius 1 is 1.36 bits per heavy atom. The van der Waals surface area contributed by atoms with E-state index in [1.807, 2.05) is 6.92 Å². The van der Waals surface area contributed by atoms with Crippen LogP contribution in [-0.2, 0) is 30.2 Å². The van der Waals surface area contributed by atoms with Crippen LogP contribution >= 0.6 is 0 Å². The second-order valence-electron chi connectivity index (χ2n) is 5.17. The number of carbonyl (C=O) groups is 1. The molecule has 1 N–H and O–H groups in total. The topological polar surface area (TPSA) is 100 Å². The fourth-order valence-corrected chi connectivity index (χ4v) is 2.28. The predicted octanol–water partition coefficient (Wildman–Crippen LogP) is -1.42. The Bertz CT molecular complexity index is 816. The van der Waals surface area contributed by atoms with Gasteiger partial charge in [0.05, 0.1) is 12.9 Å². The molecule has 0 spiro atoms. The summed E-state index contributed by atoms with van der Waals surface area (Å²) < 4.78 is 8.65. The van der Waals surface area contributed by atoms with Gasteiger partial charge in [-0.1, -0.05) is 0 Å². The van der Waals surface area contributed by atoms with Gasteiger partial charge >= 0.3 is 5.69 Å². The highest BCUT2D eigenvalue weighted by molar-refractivity contribution is 5.79. The number of carbonyl (C=O) groups excluding carboxylic acids is 1. The quantitative estimate of drug-likeness (QED) is 0.731. The van der Waals surface area contributed by atoms with Gasteiger partial charge in [-0.05, 0) is 6.92 Å². The Balaban J connectivity index is 2.36. The minimum absolute atomic E-state index is 0.0575. The normalized spacial score (nSPS) is 12.5. The van der Waals surface area contributed by atoms with Crippen LogP contribution in [0.2, 0.25) is 0 Å².